The van der Waals surface area contributed by atoms with E-state index in [1.807, 2.05) is 62.4 Å². The van der Waals surface area contributed by atoms with Crippen molar-refractivity contribution in [2.45, 2.75) is 33.6 Å². The minimum atomic E-state index is 0.832. The number of rotatable bonds is 3. The molecule has 0 unspecified atom stereocenters. The quantitative estimate of drug-likeness (QED) is 0.235. The number of hydrogen-bond acceptors (Lipinski definition) is 3. The molecule has 0 saturated carbocycles. The molecule has 3 aromatic carbocycles. The number of nitrogens with zero attached hydrogens (tertiary/aromatic N) is 1. The van der Waals surface area contributed by atoms with Crippen molar-refractivity contribution in [1.82, 2.24) is 4.98 Å². The molecule has 0 radical (unpaired) electrons. The molecule has 1 aliphatic rings. The Hall–Kier alpha value is -3.79. The Bertz CT molecular complexity index is 1290. The van der Waals surface area contributed by atoms with Crippen molar-refractivity contribution in [2.75, 3.05) is 11.1 Å². The highest BCUT2D eigenvalue weighted by atomic mass is 14.9. The summed E-state index contributed by atoms with van der Waals surface area (Å²) in [6.07, 6.45) is 6.66. The van der Waals surface area contributed by atoms with Crippen LogP contribution in [0.5, 0.6) is 0 Å². The van der Waals surface area contributed by atoms with Crippen molar-refractivity contribution in [3.05, 3.63) is 89.6 Å². The van der Waals surface area contributed by atoms with Crippen LogP contribution in [0.4, 0.5) is 22.7 Å². The zero-order valence-corrected chi connectivity index (χ0v) is 18.9. The Balaban J connectivity index is 0.000000157. The van der Waals surface area contributed by atoms with Crippen LogP contribution in [-0.4, -0.2) is 10.7 Å². The molecule has 0 atom stereocenters. The second-order valence-electron chi connectivity index (χ2n) is 8.28. The molecule has 0 amide bonds. The number of allylic oxidation sites excluding steroid dienone is 1. The number of aliphatic imine (C=N–C) groups is 1. The largest absolute Gasteiger partial charge is 0.399 e. The molecule has 32 heavy (non-hydrogen) atoms. The molecule has 1 aromatic heterocycles. The molecule has 4 heteroatoms. The fourth-order valence-electron chi connectivity index (χ4n) is 3.88. The number of H-pyrrole nitrogens is 1. The SMILES string of the molecule is CC(C)=Nc1ccccc1Nc1ccccc1C.Nc1ccc2[nH]c3c(c2c1)C=CCC3. The Kier molecular flexibility index (Phi) is 6.41. The summed E-state index contributed by atoms with van der Waals surface area (Å²) in [5.41, 5.74) is 15.9. The molecule has 4 nitrogen and oxygen atoms in total. The maximum atomic E-state index is 5.78. The van der Waals surface area contributed by atoms with E-state index in [4.69, 9.17) is 5.73 Å². The highest BCUT2D eigenvalue weighted by molar-refractivity contribution is 5.93. The van der Waals surface area contributed by atoms with Crippen LogP contribution in [-0.2, 0) is 6.42 Å². The molecular weight excluding hydrogens is 392 g/mol. The predicted octanol–water partition coefficient (Wildman–Crippen LogP) is 7.56. The van der Waals surface area contributed by atoms with Crippen LogP contribution in [0.25, 0.3) is 17.0 Å². The van der Waals surface area contributed by atoms with E-state index in [-0.39, 0.29) is 0 Å². The third-order valence-electron chi connectivity index (χ3n) is 5.45. The summed E-state index contributed by atoms with van der Waals surface area (Å²) < 4.78 is 0. The van der Waals surface area contributed by atoms with Gasteiger partial charge in [0.2, 0.25) is 0 Å². The zero-order valence-electron chi connectivity index (χ0n) is 18.9. The zero-order chi connectivity index (χ0) is 22.5. The minimum Gasteiger partial charge on any atom is -0.399 e. The standard InChI is InChI=1S/C16H18N2.C12H12N2/c1-12(2)17-15-10-6-7-11-16(15)18-14-9-5-4-8-13(14)3;13-8-5-6-12-10(7-8)9-3-1-2-4-11(9)14-12/h4-11,18H,1-3H3;1,3,5-7,14H,2,4,13H2. The predicted molar refractivity (Wildman–Crippen MR) is 139 cm³/mol. The number of hydrogen-bond donors (Lipinski definition) is 3. The van der Waals surface area contributed by atoms with E-state index in [1.54, 1.807) is 0 Å². The summed E-state index contributed by atoms with van der Waals surface area (Å²) in [6, 6.07) is 22.4. The topological polar surface area (TPSA) is 66.2 Å². The summed E-state index contributed by atoms with van der Waals surface area (Å²) >= 11 is 0. The molecule has 5 rings (SSSR count). The second-order valence-corrected chi connectivity index (χ2v) is 8.28. The average Bonchev–Trinajstić information content (AvgIpc) is 3.15. The molecule has 162 valence electrons. The fraction of sp³-hybridized carbons (Fsp3) is 0.179. The lowest BCUT2D eigenvalue weighted by Gasteiger charge is -2.11. The number of benzene rings is 3. The van der Waals surface area contributed by atoms with Crippen molar-refractivity contribution in [3.63, 3.8) is 0 Å². The van der Waals surface area contributed by atoms with Crippen molar-refractivity contribution >= 4 is 45.4 Å². The van der Waals surface area contributed by atoms with Crippen LogP contribution >= 0.6 is 0 Å². The molecule has 0 bridgehead atoms. The summed E-state index contributed by atoms with van der Waals surface area (Å²) in [4.78, 5) is 7.98. The van der Waals surface area contributed by atoms with Crippen LogP contribution in [0.3, 0.4) is 0 Å². The van der Waals surface area contributed by atoms with E-state index >= 15 is 0 Å². The maximum Gasteiger partial charge on any atom is 0.0863 e. The maximum absolute atomic E-state index is 5.78. The first-order valence-electron chi connectivity index (χ1n) is 11.0. The number of nitrogens with one attached hydrogen (secondary N) is 2. The van der Waals surface area contributed by atoms with Crippen LogP contribution in [0.15, 0.2) is 77.8 Å². The highest BCUT2D eigenvalue weighted by Gasteiger charge is 2.11. The van der Waals surface area contributed by atoms with Gasteiger partial charge < -0.3 is 16.0 Å². The molecule has 4 aromatic rings. The first-order chi connectivity index (χ1) is 15.5. The third kappa shape index (κ3) is 4.92. The third-order valence-corrected chi connectivity index (χ3v) is 5.45. The van der Waals surface area contributed by atoms with E-state index in [9.17, 15) is 0 Å². The van der Waals surface area contributed by atoms with Gasteiger partial charge in [0.1, 0.15) is 0 Å². The van der Waals surface area contributed by atoms with Crippen LogP contribution in [0, 0.1) is 6.92 Å². The van der Waals surface area contributed by atoms with E-state index in [0.29, 0.717) is 0 Å². The molecular formula is C28H30N4. The second kappa shape index (κ2) is 9.56. The molecule has 0 aliphatic heterocycles. The van der Waals surface area contributed by atoms with Crippen molar-refractivity contribution in [3.8, 4) is 0 Å². The number of anilines is 3. The normalized spacial score (nSPS) is 12.0. The van der Waals surface area contributed by atoms with Crippen molar-refractivity contribution in [2.24, 2.45) is 4.99 Å². The summed E-state index contributed by atoms with van der Waals surface area (Å²) in [7, 11) is 0. The monoisotopic (exact) mass is 422 g/mol. The van der Waals surface area contributed by atoms with Crippen molar-refractivity contribution in [1.29, 1.82) is 0 Å². The Morgan fingerprint density at radius 1 is 0.969 bits per heavy atom. The molecule has 0 saturated heterocycles. The number of para-hydroxylation sites is 3. The van der Waals surface area contributed by atoms with Gasteiger partial charge in [-0.15, -0.1) is 0 Å². The van der Waals surface area contributed by atoms with Gasteiger partial charge in [-0.3, -0.25) is 4.99 Å². The number of aromatic amines is 1. The van der Waals surface area contributed by atoms with Crippen LogP contribution in [0.2, 0.25) is 0 Å². The number of nitrogens with two attached hydrogens (primary N) is 1. The lowest BCUT2D eigenvalue weighted by atomic mass is 10.0. The molecule has 0 fully saturated rings. The van der Waals surface area contributed by atoms with E-state index in [2.05, 4.69) is 52.6 Å². The molecule has 0 spiro atoms. The minimum absolute atomic E-state index is 0.832. The number of aromatic nitrogens is 1. The number of nitrogen functional groups attached to an aromatic ring is 1. The lowest BCUT2D eigenvalue weighted by Crippen LogP contribution is -1.93. The Morgan fingerprint density at radius 2 is 1.72 bits per heavy atom. The molecule has 1 aliphatic carbocycles. The van der Waals surface area contributed by atoms with Crippen LogP contribution in [0.1, 0.15) is 37.1 Å². The van der Waals surface area contributed by atoms with Gasteiger partial charge in [0, 0.05) is 39.2 Å². The van der Waals surface area contributed by atoms with E-state index in [1.165, 1.54) is 27.7 Å². The summed E-state index contributed by atoms with van der Waals surface area (Å²) in [5.74, 6) is 0. The number of aryl methyl sites for hydroxylation is 2. The van der Waals surface area contributed by atoms with Gasteiger partial charge in [0.05, 0.1) is 11.4 Å². The molecule has 4 N–H and O–H groups in total. The van der Waals surface area contributed by atoms with Crippen LogP contribution < -0.4 is 11.1 Å². The summed E-state index contributed by atoms with van der Waals surface area (Å²) in [6.45, 7) is 6.11. The first kappa shape index (κ1) is 21.4. The van der Waals surface area contributed by atoms with Gasteiger partial charge in [-0.2, -0.15) is 0 Å². The summed E-state index contributed by atoms with van der Waals surface area (Å²) in [5, 5.41) is 4.69. The molecule has 1 heterocycles. The Labute approximate surface area is 189 Å². The van der Waals surface area contributed by atoms with Gasteiger partial charge in [-0.25, -0.2) is 0 Å². The van der Waals surface area contributed by atoms with E-state index < -0.39 is 0 Å². The van der Waals surface area contributed by atoms with Gasteiger partial charge in [-0.1, -0.05) is 42.5 Å². The smallest absolute Gasteiger partial charge is 0.0863 e. The highest BCUT2D eigenvalue weighted by Crippen LogP contribution is 2.30. The van der Waals surface area contributed by atoms with Gasteiger partial charge >= 0.3 is 0 Å². The fourth-order valence-corrected chi connectivity index (χ4v) is 3.88. The number of fused-ring (bicyclic) bond motifs is 3. The van der Waals surface area contributed by atoms with Gasteiger partial charge in [-0.05, 0) is 75.6 Å². The van der Waals surface area contributed by atoms with Gasteiger partial charge in [0.25, 0.3) is 0 Å². The average molecular weight is 423 g/mol. The van der Waals surface area contributed by atoms with Crippen molar-refractivity contribution < 1.29 is 0 Å². The lowest BCUT2D eigenvalue weighted by molar-refractivity contribution is 0.951. The van der Waals surface area contributed by atoms with E-state index in [0.717, 1.165) is 41.3 Å². The first-order valence-corrected chi connectivity index (χ1v) is 11.0. The Morgan fingerprint density at radius 3 is 2.50 bits per heavy atom. The van der Waals surface area contributed by atoms with Gasteiger partial charge in [0.15, 0.2) is 0 Å².